The second-order valence-electron chi connectivity index (χ2n) is 3.72. The molecule has 0 aliphatic carbocycles. The number of unbranched alkanes of at least 4 members (excludes halogenated alkanes) is 1. The van der Waals surface area contributed by atoms with Gasteiger partial charge in [0, 0.05) is 0 Å². The van der Waals surface area contributed by atoms with E-state index in [1.165, 1.54) is 24.8 Å². The van der Waals surface area contributed by atoms with Crippen molar-refractivity contribution in [1.82, 2.24) is 0 Å². The predicted octanol–water partition coefficient (Wildman–Crippen LogP) is 1.42. The molecule has 17 heavy (non-hydrogen) atoms. The summed E-state index contributed by atoms with van der Waals surface area (Å²) >= 11 is 0. The Hall–Kier alpha value is -1.39. The second-order valence-corrected chi connectivity index (χ2v) is 3.72. The van der Waals surface area contributed by atoms with E-state index in [1.807, 2.05) is 0 Å². The zero-order valence-electron chi connectivity index (χ0n) is 10.2. The number of carboxylic acids is 1. The predicted molar refractivity (Wildman–Crippen MR) is 67.8 cm³/mol. The van der Waals surface area contributed by atoms with Crippen molar-refractivity contribution in [2.45, 2.75) is 32.2 Å². The van der Waals surface area contributed by atoms with Gasteiger partial charge in [0.2, 0.25) is 0 Å². The Balaban J connectivity index is 0.000000325. The Kier molecular flexibility index (Phi) is 9.01. The molecule has 96 valence electrons. The lowest BCUT2D eigenvalue weighted by Crippen LogP contribution is -2.33. The van der Waals surface area contributed by atoms with Crippen molar-refractivity contribution < 1.29 is 15.0 Å². The summed E-state index contributed by atoms with van der Waals surface area (Å²) in [6.45, 7) is 1.72. The maximum atomic E-state index is 9.65. The molecule has 0 aromatic heterocycles. The minimum absolute atomic E-state index is 0.505. The lowest BCUT2D eigenvalue weighted by atomic mass is 10.1. The van der Waals surface area contributed by atoms with Crippen molar-refractivity contribution in [2.75, 3.05) is 6.61 Å². The Morgan fingerprint density at radius 1 is 1.35 bits per heavy atom. The molecule has 1 atom stereocenters. The normalized spacial score (nSPS) is 11.2. The van der Waals surface area contributed by atoms with Crippen LogP contribution >= 0.6 is 0 Å². The SMILES string of the molecule is CCCCc1ccccc1.NC(CO)C(=O)O. The van der Waals surface area contributed by atoms with Gasteiger partial charge in [-0.15, -0.1) is 0 Å². The summed E-state index contributed by atoms with van der Waals surface area (Å²) in [6, 6.07) is 9.52. The first-order valence-corrected chi connectivity index (χ1v) is 5.75. The molecule has 0 aliphatic heterocycles. The topological polar surface area (TPSA) is 83.5 Å². The lowest BCUT2D eigenvalue weighted by molar-refractivity contribution is -0.139. The molecule has 0 radical (unpaired) electrons. The summed E-state index contributed by atoms with van der Waals surface area (Å²) in [4.78, 5) is 9.65. The van der Waals surface area contributed by atoms with E-state index in [4.69, 9.17) is 15.9 Å². The zero-order valence-corrected chi connectivity index (χ0v) is 10.2. The van der Waals surface area contributed by atoms with Crippen molar-refractivity contribution in [3.8, 4) is 0 Å². The largest absolute Gasteiger partial charge is 0.480 e. The molecule has 1 aromatic carbocycles. The number of carboxylic acid groups (broad SMARTS) is 1. The number of aliphatic hydroxyl groups is 1. The van der Waals surface area contributed by atoms with Gasteiger partial charge in [0.05, 0.1) is 6.61 Å². The van der Waals surface area contributed by atoms with Crippen LogP contribution in [0.1, 0.15) is 25.3 Å². The molecular formula is C13H21NO3. The monoisotopic (exact) mass is 239 g/mol. The van der Waals surface area contributed by atoms with Gasteiger partial charge in [-0.25, -0.2) is 0 Å². The van der Waals surface area contributed by atoms with Crippen LogP contribution in [0.5, 0.6) is 0 Å². The quantitative estimate of drug-likeness (QED) is 0.725. The van der Waals surface area contributed by atoms with Gasteiger partial charge in [0.1, 0.15) is 6.04 Å². The summed E-state index contributed by atoms with van der Waals surface area (Å²) < 4.78 is 0. The molecule has 1 rings (SSSR count). The zero-order chi connectivity index (χ0) is 13.1. The molecule has 0 amide bonds. The smallest absolute Gasteiger partial charge is 0.322 e. The third-order valence-electron chi connectivity index (χ3n) is 2.18. The van der Waals surface area contributed by atoms with Crippen LogP contribution in [0, 0.1) is 0 Å². The molecule has 0 fully saturated rings. The van der Waals surface area contributed by atoms with E-state index in [0.717, 1.165) is 0 Å². The molecule has 4 heteroatoms. The number of aliphatic carboxylic acids is 1. The van der Waals surface area contributed by atoms with E-state index in [1.54, 1.807) is 0 Å². The fraction of sp³-hybridized carbons (Fsp3) is 0.462. The first kappa shape index (κ1) is 15.6. The number of hydrogen-bond donors (Lipinski definition) is 3. The van der Waals surface area contributed by atoms with E-state index in [0.29, 0.717) is 0 Å². The van der Waals surface area contributed by atoms with Crippen molar-refractivity contribution in [3.63, 3.8) is 0 Å². The van der Waals surface area contributed by atoms with Gasteiger partial charge < -0.3 is 15.9 Å². The highest BCUT2D eigenvalue weighted by Gasteiger charge is 2.06. The molecular weight excluding hydrogens is 218 g/mol. The van der Waals surface area contributed by atoms with Crippen molar-refractivity contribution >= 4 is 5.97 Å². The molecule has 0 heterocycles. The average molecular weight is 239 g/mol. The number of carbonyl (C=O) groups is 1. The third-order valence-corrected chi connectivity index (χ3v) is 2.18. The van der Waals surface area contributed by atoms with Crippen LogP contribution in [-0.4, -0.2) is 28.8 Å². The van der Waals surface area contributed by atoms with E-state index in [2.05, 4.69) is 37.3 Å². The minimum atomic E-state index is -1.18. The third kappa shape index (κ3) is 8.42. The molecule has 4 nitrogen and oxygen atoms in total. The van der Waals surface area contributed by atoms with Crippen LogP contribution in [-0.2, 0) is 11.2 Å². The summed E-state index contributed by atoms with van der Waals surface area (Å²) in [5.74, 6) is -1.18. The Morgan fingerprint density at radius 3 is 2.29 bits per heavy atom. The summed E-state index contributed by atoms with van der Waals surface area (Å²) in [5, 5.41) is 15.9. The Labute approximate surface area is 102 Å². The number of nitrogens with two attached hydrogens (primary N) is 1. The van der Waals surface area contributed by atoms with E-state index in [-0.39, 0.29) is 0 Å². The van der Waals surface area contributed by atoms with Gasteiger partial charge in [-0.3, -0.25) is 4.79 Å². The van der Waals surface area contributed by atoms with Gasteiger partial charge in [-0.1, -0.05) is 43.7 Å². The number of hydrogen-bond acceptors (Lipinski definition) is 3. The van der Waals surface area contributed by atoms with E-state index in [9.17, 15) is 4.79 Å². The molecule has 1 unspecified atom stereocenters. The lowest BCUT2D eigenvalue weighted by Gasteiger charge is -1.96. The van der Waals surface area contributed by atoms with E-state index < -0.39 is 18.6 Å². The number of benzene rings is 1. The van der Waals surface area contributed by atoms with Gasteiger partial charge in [0.15, 0.2) is 0 Å². The highest BCUT2D eigenvalue weighted by Crippen LogP contribution is 2.03. The first-order valence-electron chi connectivity index (χ1n) is 5.75. The molecule has 0 aliphatic rings. The minimum Gasteiger partial charge on any atom is -0.480 e. The van der Waals surface area contributed by atoms with Crippen LogP contribution in [0.25, 0.3) is 0 Å². The standard InChI is InChI=1S/C10H14.C3H7NO3/c1-2-3-7-10-8-5-4-6-9-10;4-2(1-5)3(6)7/h4-6,8-9H,2-3,7H2,1H3;2,5H,1,4H2,(H,6,7). The van der Waals surface area contributed by atoms with Crippen LogP contribution in [0.2, 0.25) is 0 Å². The Morgan fingerprint density at radius 2 is 1.94 bits per heavy atom. The van der Waals surface area contributed by atoms with Crippen molar-refractivity contribution in [1.29, 1.82) is 0 Å². The first-order chi connectivity index (χ1) is 8.11. The maximum absolute atomic E-state index is 9.65. The maximum Gasteiger partial charge on any atom is 0.322 e. The summed E-state index contributed by atoms with van der Waals surface area (Å²) in [5.41, 5.74) is 6.23. The number of aryl methyl sites for hydroxylation is 1. The average Bonchev–Trinajstić information content (AvgIpc) is 2.37. The second kappa shape index (κ2) is 9.81. The van der Waals surface area contributed by atoms with Crippen molar-refractivity contribution in [3.05, 3.63) is 35.9 Å². The fourth-order valence-corrected chi connectivity index (χ4v) is 1.10. The summed E-state index contributed by atoms with van der Waals surface area (Å²) in [7, 11) is 0. The van der Waals surface area contributed by atoms with Gasteiger partial charge >= 0.3 is 5.97 Å². The highest BCUT2D eigenvalue weighted by molar-refractivity contribution is 5.73. The molecule has 4 N–H and O–H groups in total. The molecule has 0 spiro atoms. The molecule has 1 aromatic rings. The van der Waals surface area contributed by atoms with E-state index >= 15 is 0 Å². The summed E-state index contributed by atoms with van der Waals surface area (Å²) in [6.07, 6.45) is 3.83. The van der Waals surface area contributed by atoms with Crippen molar-refractivity contribution in [2.24, 2.45) is 5.73 Å². The number of rotatable bonds is 5. The molecule has 0 saturated heterocycles. The highest BCUT2D eigenvalue weighted by atomic mass is 16.4. The molecule has 0 bridgehead atoms. The van der Waals surface area contributed by atoms with Gasteiger partial charge in [-0.2, -0.15) is 0 Å². The van der Waals surface area contributed by atoms with Crippen LogP contribution < -0.4 is 5.73 Å². The Bertz CT molecular complexity index is 301. The number of aliphatic hydroxyl groups excluding tert-OH is 1. The van der Waals surface area contributed by atoms with Crippen LogP contribution in [0.3, 0.4) is 0 Å². The fourth-order valence-electron chi connectivity index (χ4n) is 1.10. The molecule has 0 saturated carbocycles. The van der Waals surface area contributed by atoms with Crippen LogP contribution in [0.4, 0.5) is 0 Å². The van der Waals surface area contributed by atoms with Gasteiger partial charge in [-0.05, 0) is 18.4 Å². The van der Waals surface area contributed by atoms with Gasteiger partial charge in [0.25, 0.3) is 0 Å². The van der Waals surface area contributed by atoms with Crippen LogP contribution in [0.15, 0.2) is 30.3 Å².